The lowest BCUT2D eigenvalue weighted by atomic mass is 9.94. The maximum Gasteiger partial charge on any atom is 0.303 e. The van der Waals surface area contributed by atoms with Crippen LogP contribution < -0.4 is 5.32 Å². The lowest BCUT2D eigenvalue weighted by Crippen LogP contribution is -2.31. The largest absolute Gasteiger partial charge is 0.481 e. The minimum absolute atomic E-state index is 0.0172. The predicted octanol–water partition coefficient (Wildman–Crippen LogP) is 3.26. The molecule has 1 aromatic heterocycles. The molecule has 0 aliphatic heterocycles. The van der Waals surface area contributed by atoms with Crippen molar-refractivity contribution < 1.29 is 14.7 Å². The van der Waals surface area contributed by atoms with Gasteiger partial charge in [0.05, 0.1) is 10.6 Å². The molecule has 1 heterocycles. The van der Waals surface area contributed by atoms with Crippen molar-refractivity contribution in [3.63, 3.8) is 0 Å². The zero-order valence-electron chi connectivity index (χ0n) is 11.9. The Morgan fingerprint density at radius 3 is 2.62 bits per heavy atom. The first-order valence-electron chi connectivity index (χ1n) is 6.60. The average molecular weight is 333 g/mol. The number of hydrogen-bond acceptors (Lipinski definition) is 3. The summed E-state index contributed by atoms with van der Waals surface area (Å²) in [4.78, 5) is 26.7. The second-order valence-electron chi connectivity index (χ2n) is 5.29. The third-order valence-corrected chi connectivity index (χ3v) is 3.39. The number of carboxylic acid groups (broad SMARTS) is 1. The predicted molar refractivity (Wildman–Crippen MR) is 81.8 cm³/mol. The Hall–Kier alpha value is -1.33. The summed E-state index contributed by atoms with van der Waals surface area (Å²) in [6.45, 7) is 4.30. The number of pyridine rings is 1. The second kappa shape index (κ2) is 8.20. The maximum absolute atomic E-state index is 12.1. The Morgan fingerprint density at radius 2 is 2.05 bits per heavy atom. The van der Waals surface area contributed by atoms with E-state index in [2.05, 4.69) is 10.3 Å². The summed E-state index contributed by atoms with van der Waals surface area (Å²) in [5.41, 5.74) is 0.232. The van der Waals surface area contributed by atoms with Gasteiger partial charge in [0.25, 0.3) is 5.91 Å². The first kappa shape index (κ1) is 17.7. The van der Waals surface area contributed by atoms with Gasteiger partial charge in [-0.15, -0.1) is 0 Å². The summed E-state index contributed by atoms with van der Waals surface area (Å²) in [5, 5.41) is 12.0. The monoisotopic (exact) mass is 332 g/mol. The highest BCUT2D eigenvalue weighted by Crippen LogP contribution is 2.19. The number of hydrogen-bond donors (Lipinski definition) is 2. The van der Waals surface area contributed by atoms with Crippen LogP contribution in [0.3, 0.4) is 0 Å². The molecule has 0 aromatic carbocycles. The Labute approximate surface area is 133 Å². The zero-order valence-corrected chi connectivity index (χ0v) is 13.4. The molecule has 0 saturated carbocycles. The SMILES string of the molecule is CC(C)C[C@H](CNC(=O)c1cc(Cl)ncc1Cl)CC(=O)O. The van der Waals surface area contributed by atoms with Crippen LogP contribution in [0, 0.1) is 11.8 Å². The first-order valence-corrected chi connectivity index (χ1v) is 7.36. The molecule has 0 radical (unpaired) electrons. The van der Waals surface area contributed by atoms with Gasteiger partial charge in [-0.2, -0.15) is 0 Å². The molecule has 5 nitrogen and oxygen atoms in total. The van der Waals surface area contributed by atoms with E-state index in [0.717, 1.165) is 6.42 Å². The van der Waals surface area contributed by atoms with Crippen LogP contribution in [0.1, 0.15) is 37.0 Å². The number of halogens is 2. The Morgan fingerprint density at radius 1 is 1.38 bits per heavy atom. The molecular weight excluding hydrogens is 315 g/mol. The van der Waals surface area contributed by atoms with Gasteiger partial charge in [0.2, 0.25) is 0 Å². The second-order valence-corrected chi connectivity index (χ2v) is 6.08. The number of carbonyl (C=O) groups is 2. The van der Waals surface area contributed by atoms with Crippen LogP contribution in [0.5, 0.6) is 0 Å². The van der Waals surface area contributed by atoms with Crippen LogP contribution in [-0.4, -0.2) is 28.5 Å². The van der Waals surface area contributed by atoms with Gasteiger partial charge < -0.3 is 10.4 Å². The van der Waals surface area contributed by atoms with Crippen molar-refractivity contribution in [1.82, 2.24) is 10.3 Å². The molecule has 0 unspecified atom stereocenters. The molecule has 1 amide bonds. The molecule has 0 fully saturated rings. The average Bonchev–Trinajstić information content (AvgIpc) is 2.37. The van der Waals surface area contributed by atoms with Crippen LogP contribution in [0.25, 0.3) is 0 Å². The number of rotatable bonds is 7. The Bertz CT molecular complexity index is 521. The topological polar surface area (TPSA) is 79.3 Å². The standard InChI is InChI=1S/C14H18Cl2N2O3/c1-8(2)3-9(4-13(19)20)6-18-14(21)10-5-12(16)17-7-11(10)15/h5,7-9H,3-4,6H2,1-2H3,(H,18,21)(H,19,20)/t9-/m0/s1. The summed E-state index contributed by atoms with van der Waals surface area (Å²) < 4.78 is 0. The quantitative estimate of drug-likeness (QED) is 0.751. The van der Waals surface area contributed by atoms with Crippen LogP contribution in [-0.2, 0) is 4.79 Å². The molecule has 1 atom stereocenters. The van der Waals surface area contributed by atoms with Crippen molar-refractivity contribution in [1.29, 1.82) is 0 Å². The molecule has 0 saturated heterocycles. The highest BCUT2D eigenvalue weighted by atomic mass is 35.5. The highest BCUT2D eigenvalue weighted by Gasteiger charge is 2.18. The van der Waals surface area contributed by atoms with Gasteiger partial charge in [-0.1, -0.05) is 37.0 Å². The van der Waals surface area contributed by atoms with E-state index >= 15 is 0 Å². The summed E-state index contributed by atoms with van der Waals surface area (Å²) in [6, 6.07) is 1.38. The van der Waals surface area contributed by atoms with E-state index < -0.39 is 5.97 Å². The van der Waals surface area contributed by atoms with Gasteiger partial charge >= 0.3 is 5.97 Å². The van der Waals surface area contributed by atoms with E-state index in [1.54, 1.807) is 0 Å². The summed E-state index contributed by atoms with van der Waals surface area (Å²) in [6.07, 6.45) is 2.04. The van der Waals surface area contributed by atoms with E-state index in [9.17, 15) is 9.59 Å². The Kier molecular flexibility index (Phi) is 6.92. The lowest BCUT2D eigenvalue weighted by Gasteiger charge is -2.18. The molecule has 0 spiro atoms. The smallest absolute Gasteiger partial charge is 0.303 e. The van der Waals surface area contributed by atoms with E-state index in [1.807, 2.05) is 13.8 Å². The summed E-state index contributed by atoms with van der Waals surface area (Å²) in [7, 11) is 0. The number of nitrogens with one attached hydrogen (secondary N) is 1. The number of aromatic nitrogens is 1. The normalized spacial score (nSPS) is 12.2. The minimum Gasteiger partial charge on any atom is -0.481 e. The van der Waals surface area contributed by atoms with Crippen LogP contribution in [0.4, 0.5) is 0 Å². The van der Waals surface area contributed by atoms with E-state index in [0.29, 0.717) is 5.92 Å². The minimum atomic E-state index is -0.875. The van der Waals surface area contributed by atoms with Gasteiger partial charge in [0.1, 0.15) is 5.15 Å². The third kappa shape index (κ3) is 6.31. The first-order chi connectivity index (χ1) is 9.79. The van der Waals surface area contributed by atoms with Crippen molar-refractivity contribution in [3.8, 4) is 0 Å². The van der Waals surface area contributed by atoms with Gasteiger partial charge in [-0.25, -0.2) is 4.98 Å². The number of nitrogens with zero attached hydrogens (tertiary/aromatic N) is 1. The number of amides is 1. The van der Waals surface area contributed by atoms with Gasteiger partial charge in [-0.05, 0) is 24.3 Å². The third-order valence-electron chi connectivity index (χ3n) is 2.89. The molecule has 21 heavy (non-hydrogen) atoms. The number of carboxylic acids is 1. The summed E-state index contributed by atoms with van der Waals surface area (Å²) in [5.74, 6) is -1.03. The fourth-order valence-corrected chi connectivity index (χ4v) is 2.42. The van der Waals surface area contributed by atoms with Crippen molar-refractivity contribution in [2.45, 2.75) is 26.7 Å². The van der Waals surface area contributed by atoms with Crippen LogP contribution in [0.2, 0.25) is 10.2 Å². The molecule has 1 rings (SSSR count). The van der Waals surface area contributed by atoms with Crippen molar-refractivity contribution >= 4 is 35.1 Å². The van der Waals surface area contributed by atoms with Crippen LogP contribution >= 0.6 is 23.2 Å². The van der Waals surface area contributed by atoms with E-state index in [1.165, 1.54) is 12.3 Å². The van der Waals surface area contributed by atoms with Gasteiger partial charge in [-0.3, -0.25) is 9.59 Å². The van der Waals surface area contributed by atoms with Gasteiger partial charge in [0, 0.05) is 19.2 Å². The highest BCUT2D eigenvalue weighted by molar-refractivity contribution is 6.35. The van der Waals surface area contributed by atoms with Crippen molar-refractivity contribution in [2.75, 3.05) is 6.54 Å². The summed E-state index contributed by atoms with van der Waals surface area (Å²) >= 11 is 11.6. The fraction of sp³-hybridized carbons (Fsp3) is 0.500. The van der Waals surface area contributed by atoms with E-state index in [-0.39, 0.29) is 40.5 Å². The fourth-order valence-electron chi connectivity index (χ4n) is 2.07. The molecule has 7 heteroatoms. The molecule has 2 N–H and O–H groups in total. The molecule has 1 aromatic rings. The number of aliphatic carboxylic acids is 1. The van der Waals surface area contributed by atoms with E-state index in [4.69, 9.17) is 28.3 Å². The maximum atomic E-state index is 12.1. The zero-order chi connectivity index (χ0) is 16.0. The van der Waals surface area contributed by atoms with Crippen molar-refractivity contribution in [3.05, 3.63) is 28.0 Å². The molecule has 0 aliphatic rings. The molecule has 0 aliphatic carbocycles. The molecule has 116 valence electrons. The molecule has 0 bridgehead atoms. The van der Waals surface area contributed by atoms with Crippen molar-refractivity contribution in [2.24, 2.45) is 11.8 Å². The molecular formula is C14H18Cl2N2O3. The van der Waals surface area contributed by atoms with Crippen LogP contribution in [0.15, 0.2) is 12.3 Å². The number of carbonyl (C=O) groups excluding carboxylic acids is 1. The lowest BCUT2D eigenvalue weighted by molar-refractivity contribution is -0.138. The Balaban J connectivity index is 2.68. The van der Waals surface area contributed by atoms with Gasteiger partial charge in [0.15, 0.2) is 0 Å².